The van der Waals surface area contributed by atoms with Crippen LogP contribution in [0.5, 0.6) is 5.75 Å². The molecule has 4 rings (SSSR count). The van der Waals surface area contributed by atoms with E-state index < -0.39 is 28.3 Å². The number of sulfonamides is 1. The third-order valence-corrected chi connectivity index (χ3v) is 7.72. The first-order chi connectivity index (χ1) is 19.3. The van der Waals surface area contributed by atoms with Gasteiger partial charge in [0.05, 0.1) is 22.9 Å². The first kappa shape index (κ1) is 28.7. The first-order valence-electron chi connectivity index (χ1n) is 12.6. The number of rotatable bonds is 12. The number of ether oxygens (including phenoxy) is 2. The molecule has 1 atom stereocenters. The number of nitrogens with zero attached hydrogens (tertiary/aromatic N) is 2. The van der Waals surface area contributed by atoms with Gasteiger partial charge in [-0.1, -0.05) is 30.3 Å². The number of carbonyl (C=O) groups is 2. The lowest BCUT2D eigenvalue weighted by Gasteiger charge is -2.24. The Morgan fingerprint density at radius 1 is 1.02 bits per heavy atom. The zero-order valence-corrected chi connectivity index (χ0v) is 22.3. The standard InChI is InChI=1S/C28H29FN4O6S/c29-25-10-4-5-11-26(25)33(40(36,37)24-8-2-1-3-9-24)19-27(34)32-31-17-21-12-14-22(15-13-21)39-20-28(35)30-18-23-7-6-16-38-23/h1-5,8-15,17,23H,6-7,16,18-20H2,(H,30,35)(H,32,34)/b31-17-/t23-/m0/s1. The fraction of sp³-hybridized carbons (Fsp3) is 0.250. The summed E-state index contributed by atoms with van der Waals surface area (Å²) in [7, 11) is -4.24. The van der Waals surface area contributed by atoms with E-state index in [2.05, 4.69) is 15.8 Å². The molecule has 1 aliphatic heterocycles. The average Bonchev–Trinajstić information content (AvgIpc) is 3.49. The monoisotopic (exact) mass is 568 g/mol. The van der Waals surface area contributed by atoms with Crippen LogP contribution in [0.1, 0.15) is 18.4 Å². The summed E-state index contributed by atoms with van der Waals surface area (Å²) in [6, 6.07) is 19.4. The predicted octanol–water partition coefficient (Wildman–Crippen LogP) is 2.85. The van der Waals surface area contributed by atoms with Crippen molar-refractivity contribution in [3.63, 3.8) is 0 Å². The highest BCUT2D eigenvalue weighted by Crippen LogP contribution is 2.26. The largest absolute Gasteiger partial charge is 0.484 e. The van der Waals surface area contributed by atoms with Crippen LogP contribution in [-0.2, 0) is 24.3 Å². The summed E-state index contributed by atoms with van der Waals surface area (Å²) in [6.07, 6.45) is 3.34. The number of hydrazone groups is 1. The molecule has 12 heteroatoms. The van der Waals surface area contributed by atoms with Crippen LogP contribution in [0.3, 0.4) is 0 Å². The highest BCUT2D eigenvalue weighted by molar-refractivity contribution is 7.92. The number of nitrogens with one attached hydrogen (secondary N) is 2. The van der Waals surface area contributed by atoms with Crippen LogP contribution < -0.4 is 19.8 Å². The molecule has 1 fully saturated rings. The lowest BCUT2D eigenvalue weighted by Crippen LogP contribution is -2.40. The molecule has 10 nitrogen and oxygen atoms in total. The van der Waals surface area contributed by atoms with Crippen molar-refractivity contribution in [1.29, 1.82) is 0 Å². The fourth-order valence-electron chi connectivity index (χ4n) is 3.90. The maximum atomic E-state index is 14.5. The van der Waals surface area contributed by atoms with Crippen LogP contribution >= 0.6 is 0 Å². The smallest absolute Gasteiger partial charge is 0.264 e. The summed E-state index contributed by atoms with van der Waals surface area (Å²) in [5, 5.41) is 6.65. The lowest BCUT2D eigenvalue weighted by atomic mass is 10.2. The quantitative estimate of drug-likeness (QED) is 0.256. The molecule has 2 N–H and O–H groups in total. The number of benzene rings is 3. The summed E-state index contributed by atoms with van der Waals surface area (Å²) in [5.74, 6) is -1.34. The molecule has 210 valence electrons. The van der Waals surface area contributed by atoms with Gasteiger partial charge in [0.1, 0.15) is 18.1 Å². The second-order valence-electron chi connectivity index (χ2n) is 8.87. The third kappa shape index (κ3) is 7.87. The minimum absolute atomic E-state index is 0.0545. The maximum Gasteiger partial charge on any atom is 0.264 e. The van der Waals surface area contributed by atoms with Crippen molar-refractivity contribution in [1.82, 2.24) is 10.7 Å². The summed E-state index contributed by atoms with van der Waals surface area (Å²) in [6.45, 7) is 0.343. The van der Waals surface area contributed by atoms with Crippen LogP contribution in [0.15, 0.2) is 88.9 Å². The normalized spacial score (nSPS) is 15.1. The molecule has 3 aromatic rings. The SMILES string of the molecule is O=C(COc1ccc(/C=N\NC(=O)CN(c2ccccc2F)S(=O)(=O)c2ccccc2)cc1)NC[C@@H]1CCCO1. The van der Waals surface area contributed by atoms with E-state index in [-0.39, 0.29) is 29.2 Å². The number of hydrogen-bond donors (Lipinski definition) is 2. The van der Waals surface area contributed by atoms with Crippen LogP contribution in [0.2, 0.25) is 0 Å². The van der Waals surface area contributed by atoms with E-state index in [0.717, 1.165) is 25.5 Å². The minimum Gasteiger partial charge on any atom is -0.484 e. The van der Waals surface area contributed by atoms with Gasteiger partial charge in [-0.15, -0.1) is 0 Å². The predicted molar refractivity (Wildman–Crippen MR) is 147 cm³/mol. The van der Waals surface area contributed by atoms with Crippen LogP contribution in [0.25, 0.3) is 0 Å². The molecule has 0 aromatic heterocycles. The molecule has 2 amide bonds. The summed E-state index contributed by atoms with van der Waals surface area (Å²) >= 11 is 0. The average molecular weight is 569 g/mol. The molecular weight excluding hydrogens is 539 g/mol. The van der Waals surface area contributed by atoms with Gasteiger partial charge in [-0.25, -0.2) is 18.2 Å². The number of carbonyl (C=O) groups excluding carboxylic acids is 2. The van der Waals surface area contributed by atoms with Crippen LogP contribution in [0, 0.1) is 5.82 Å². The Hall–Kier alpha value is -4.29. The molecule has 0 bridgehead atoms. The highest BCUT2D eigenvalue weighted by atomic mass is 32.2. The van der Waals surface area contributed by atoms with Crippen molar-refractivity contribution in [2.24, 2.45) is 5.10 Å². The van der Waals surface area contributed by atoms with Crippen LogP contribution in [-0.4, -0.2) is 58.9 Å². The van der Waals surface area contributed by atoms with Gasteiger partial charge >= 0.3 is 0 Å². The van der Waals surface area contributed by atoms with Crippen LogP contribution in [0.4, 0.5) is 10.1 Å². The van der Waals surface area contributed by atoms with Crippen molar-refractivity contribution in [2.45, 2.75) is 23.8 Å². The Morgan fingerprint density at radius 3 is 2.45 bits per heavy atom. The van der Waals surface area contributed by atoms with E-state index in [4.69, 9.17) is 9.47 Å². The van der Waals surface area contributed by atoms with Gasteiger partial charge in [-0.05, 0) is 66.9 Å². The van der Waals surface area contributed by atoms with E-state index >= 15 is 0 Å². The molecule has 1 saturated heterocycles. The van der Waals surface area contributed by atoms with Crippen molar-refractivity contribution >= 4 is 33.7 Å². The molecule has 0 aliphatic carbocycles. The number of anilines is 1. The number of hydrogen-bond acceptors (Lipinski definition) is 7. The molecule has 1 heterocycles. The van der Waals surface area contributed by atoms with Gasteiger partial charge in [0, 0.05) is 13.2 Å². The van der Waals surface area contributed by atoms with E-state index in [9.17, 15) is 22.4 Å². The molecule has 0 spiro atoms. The van der Waals surface area contributed by atoms with Crippen molar-refractivity contribution in [2.75, 3.05) is 30.6 Å². The molecule has 3 aromatic carbocycles. The van der Waals surface area contributed by atoms with Crippen molar-refractivity contribution in [3.8, 4) is 5.75 Å². The third-order valence-electron chi connectivity index (χ3n) is 5.94. The second kappa shape index (κ2) is 13.7. The number of halogens is 1. The molecule has 0 unspecified atom stereocenters. The lowest BCUT2D eigenvalue weighted by molar-refractivity contribution is -0.123. The minimum atomic E-state index is -4.24. The second-order valence-corrected chi connectivity index (χ2v) is 10.7. The van der Waals surface area contributed by atoms with Gasteiger partial charge in [-0.3, -0.25) is 13.9 Å². The Bertz CT molecular complexity index is 1430. The van der Waals surface area contributed by atoms with Crippen molar-refractivity contribution in [3.05, 3.63) is 90.2 Å². The Balaban J connectivity index is 1.32. The Labute approximate surface area is 231 Å². The van der Waals surface area contributed by atoms with Gasteiger partial charge in [0.2, 0.25) is 0 Å². The summed E-state index contributed by atoms with van der Waals surface area (Å²) in [4.78, 5) is 24.5. The Kier molecular flexibility index (Phi) is 9.81. The van der Waals surface area contributed by atoms with Gasteiger partial charge in [0.15, 0.2) is 6.61 Å². The highest BCUT2D eigenvalue weighted by Gasteiger charge is 2.29. The summed E-state index contributed by atoms with van der Waals surface area (Å²) in [5.41, 5.74) is 2.62. The van der Waals surface area contributed by atoms with E-state index in [0.29, 0.717) is 22.2 Å². The zero-order valence-electron chi connectivity index (χ0n) is 21.5. The van der Waals surface area contributed by atoms with Gasteiger partial charge < -0.3 is 14.8 Å². The van der Waals surface area contributed by atoms with Crippen molar-refractivity contribution < 1.29 is 31.9 Å². The van der Waals surface area contributed by atoms with Gasteiger partial charge in [-0.2, -0.15) is 5.10 Å². The van der Waals surface area contributed by atoms with E-state index in [1.54, 1.807) is 30.3 Å². The van der Waals surface area contributed by atoms with Gasteiger partial charge in [0.25, 0.3) is 21.8 Å². The summed E-state index contributed by atoms with van der Waals surface area (Å²) < 4.78 is 52.7. The Morgan fingerprint density at radius 2 is 1.75 bits per heavy atom. The van der Waals surface area contributed by atoms with E-state index in [1.165, 1.54) is 48.7 Å². The maximum absolute atomic E-state index is 14.5. The fourth-order valence-corrected chi connectivity index (χ4v) is 5.35. The number of amides is 2. The topological polar surface area (TPSA) is 126 Å². The zero-order chi connectivity index (χ0) is 28.4. The molecule has 1 aliphatic rings. The number of para-hydroxylation sites is 1. The van der Waals surface area contributed by atoms with E-state index in [1.807, 2.05) is 0 Å². The molecule has 0 saturated carbocycles. The molecule has 40 heavy (non-hydrogen) atoms. The first-order valence-corrected chi connectivity index (χ1v) is 14.0. The molecule has 0 radical (unpaired) electrons. The molecular formula is C28H29FN4O6S.